The molecule has 1 aromatic carbocycles. The molecule has 0 N–H and O–H groups in total. The summed E-state index contributed by atoms with van der Waals surface area (Å²) in [5.41, 5.74) is 1.00. The number of carbonyl (C=O) groups is 1. The first-order chi connectivity index (χ1) is 9.19. The van der Waals surface area contributed by atoms with Crippen molar-refractivity contribution in [3.63, 3.8) is 0 Å². The highest BCUT2D eigenvalue weighted by molar-refractivity contribution is 5.91. The van der Waals surface area contributed by atoms with Crippen LogP contribution >= 0.6 is 12.4 Å². The zero-order chi connectivity index (χ0) is 13.7. The number of ether oxygens (including phenoxy) is 1. The van der Waals surface area contributed by atoms with Gasteiger partial charge < -0.3 is 14.5 Å². The summed E-state index contributed by atoms with van der Waals surface area (Å²) in [4.78, 5) is 16.1. The highest BCUT2D eigenvalue weighted by Gasteiger charge is 2.16. The van der Waals surface area contributed by atoms with E-state index in [1.807, 2.05) is 35.2 Å². The Morgan fingerprint density at radius 3 is 2.30 bits per heavy atom. The fourth-order valence-electron chi connectivity index (χ4n) is 2.01. The van der Waals surface area contributed by atoms with Crippen LogP contribution in [0.15, 0.2) is 30.3 Å². The minimum absolute atomic E-state index is 0. The van der Waals surface area contributed by atoms with Gasteiger partial charge in [0.1, 0.15) is 5.75 Å². The first-order valence-electron chi connectivity index (χ1n) is 6.48. The minimum atomic E-state index is 0. The molecule has 0 aromatic heterocycles. The fourth-order valence-corrected chi connectivity index (χ4v) is 2.01. The Labute approximate surface area is 126 Å². The van der Waals surface area contributed by atoms with E-state index in [-0.39, 0.29) is 18.3 Å². The predicted octanol–water partition coefficient (Wildman–Crippen LogP) is 1.90. The van der Waals surface area contributed by atoms with Crippen LogP contribution in [0.3, 0.4) is 0 Å². The molecule has 0 spiro atoms. The standard InChI is InChI=1S/C15H20N2O2.ClH/c1-16-9-11-17(12-10-16)15(18)8-5-13-3-6-14(19-2)7-4-13;/h3-8H,9-12H2,1-2H3;1H/b8-5+;. The van der Waals surface area contributed by atoms with Gasteiger partial charge in [0.15, 0.2) is 0 Å². The van der Waals surface area contributed by atoms with Crippen LogP contribution in [0.4, 0.5) is 0 Å². The van der Waals surface area contributed by atoms with Gasteiger partial charge in [-0.2, -0.15) is 0 Å². The molecule has 1 heterocycles. The summed E-state index contributed by atoms with van der Waals surface area (Å²) in [6.07, 6.45) is 3.49. The number of nitrogens with zero attached hydrogens (tertiary/aromatic N) is 2. The van der Waals surface area contributed by atoms with E-state index >= 15 is 0 Å². The molecular formula is C15H21ClN2O2. The van der Waals surface area contributed by atoms with E-state index in [9.17, 15) is 4.79 Å². The van der Waals surface area contributed by atoms with E-state index < -0.39 is 0 Å². The number of piperazine rings is 1. The van der Waals surface area contributed by atoms with Crippen molar-refractivity contribution in [2.45, 2.75) is 0 Å². The van der Waals surface area contributed by atoms with Gasteiger partial charge in [-0.25, -0.2) is 0 Å². The van der Waals surface area contributed by atoms with Gasteiger partial charge in [-0.05, 0) is 30.8 Å². The lowest BCUT2D eigenvalue weighted by Gasteiger charge is -2.31. The number of likely N-dealkylation sites (N-methyl/N-ethyl adjacent to an activating group) is 1. The topological polar surface area (TPSA) is 32.8 Å². The summed E-state index contributed by atoms with van der Waals surface area (Å²) in [6, 6.07) is 7.65. The maximum atomic E-state index is 12.0. The second-order valence-corrected chi connectivity index (χ2v) is 4.74. The lowest BCUT2D eigenvalue weighted by atomic mass is 10.2. The summed E-state index contributed by atoms with van der Waals surface area (Å²) in [7, 11) is 3.72. The van der Waals surface area contributed by atoms with Gasteiger partial charge >= 0.3 is 0 Å². The third-order valence-corrected chi connectivity index (χ3v) is 3.35. The number of hydrogen-bond acceptors (Lipinski definition) is 3. The van der Waals surface area contributed by atoms with Crippen LogP contribution in [0.25, 0.3) is 6.08 Å². The molecule has 1 aliphatic rings. The molecule has 1 saturated heterocycles. The molecule has 0 saturated carbocycles. The second-order valence-electron chi connectivity index (χ2n) is 4.74. The van der Waals surface area contributed by atoms with E-state index in [0.29, 0.717) is 0 Å². The molecule has 110 valence electrons. The third kappa shape index (κ3) is 4.54. The van der Waals surface area contributed by atoms with E-state index in [2.05, 4.69) is 11.9 Å². The lowest BCUT2D eigenvalue weighted by Crippen LogP contribution is -2.46. The average molecular weight is 297 g/mol. The second kappa shape index (κ2) is 7.92. The third-order valence-electron chi connectivity index (χ3n) is 3.35. The van der Waals surface area contributed by atoms with E-state index in [1.165, 1.54) is 0 Å². The molecule has 1 fully saturated rings. The molecule has 0 bridgehead atoms. The van der Waals surface area contributed by atoms with E-state index in [0.717, 1.165) is 37.5 Å². The number of hydrogen-bond donors (Lipinski definition) is 0. The minimum Gasteiger partial charge on any atom is -0.497 e. The molecule has 20 heavy (non-hydrogen) atoms. The van der Waals surface area contributed by atoms with E-state index in [1.54, 1.807) is 13.2 Å². The van der Waals surface area contributed by atoms with Crippen molar-refractivity contribution >= 4 is 24.4 Å². The number of halogens is 1. The zero-order valence-corrected chi connectivity index (χ0v) is 12.7. The van der Waals surface area contributed by atoms with Gasteiger partial charge in [0.2, 0.25) is 5.91 Å². The van der Waals surface area contributed by atoms with Crippen LogP contribution in [-0.2, 0) is 4.79 Å². The Bertz CT molecular complexity index is 451. The van der Waals surface area contributed by atoms with Crippen LogP contribution in [-0.4, -0.2) is 56.0 Å². The summed E-state index contributed by atoms with van der Waals surface area (Å²) < 4.78 is 5.10. The molecule has 2 rings (SSSR count). The lowest BCUT2D eigenvalue weighted by molar-refractivity contribution is -0.127. The maximum absolute atomic E-state index is 12.0. The summed E-state index contributed by atoms with van der Waals surface area (Å²) >= 11 is 0. The quantitative estimate of drug-likeness (QED) is 0.799. The molecule has 5 heteroatoms. The summed E-state index contributed by atoms with van der Waals surface area (Å²) in [5, 5.41) is 0. The Balaban J connectivity index is 0.00000200. The van der Waals surface area contributed by atoms with Crippen molar-refractivity contribution in [3.05, 3.63) is 35.9 Å². The largest absolute Gasteiger partial charge is 0.497 e. The summed E-state index contributed by atoms with van der Waals surface area (Å²) in [5.74, 6) is 0.909. The van der Waals surface area contributed by atoms with Crippen molar-refractivity contribution < 1.29 is 9.53 Å². The molecule has 0 atom stereocenters. The van der Waals surface area contributed by atoms with Crippen molar-refractivity contribution in [1.29, 1.82) is 0 Å². The normalized spacial score (nSPS) is 16.0. The number of carbonyl (C=O) groups excluding carboxylic acids is 1. The van der Waals surface area contributed by atoms with Crippen LogP contribution in [0, 0.1) is 0 Å². The molecule has 0 radical (unpaired) electrons. The van der Waals surface area contributed by atoms with Gasteiger partial charge in [0, 0.05) is 32.3 Å². The number of benzene rings is 1. The Morgan fingerprint density at radius 1 is 1.15 bits per heavy atom. The first kappa shape index (κ1) is 16.5. The molecule has 1 aliphatic heterocycles. The van der Waals surface area contributed by atoms with Crippen molar-refractivity contribution in [3.8, 4) is 5.75 Å². The summed E-state index contributed by atoms with van der Waals surface area (Å²) in [6.45, 7) is 3.51. The number of rotatable bonds is 3. The highest BCUT2D eigenvalue weighted by Crippen LogP contribution is 2.12. The SMILES string of the molecule is COc1ccc(/C=C/C(=O)N2CCN(C)CC2)cc1.Cl. The van der Waals surface area contributed by atoms with Gasteiger partial charge in [-0.15, -0.1) is 12.4 Å². The van der Waals surface area contributed by atoms with Crippen LogP contribution in [0.2, 0.25) is 0 Å². The van der Waals surface area contributed by atoms with Crippen LogP contribution < -0.4 is 4.74 Å². The number of amides is 1. The van der Waals surface area contributed by atoms with Gasteiger partial charge in [-0.3, -0.25) is 4.79 Å². The molecule has 1 amide bonds. The van der Waals surface area contributed by atoms with Gasteiger partial charge in [0.25, 0.3) is 0 Å². The molecule has 4 nitrogen and oxygen atoms in total. The monoisotopic (exact) mass is 296 g/mol. The molecular weight excluding hydrogens is 276 g/mol. The Kier molecular flexibility index (Phi) is 6.55. The molecule has 0 aliphatic carbocycles. The van der Waals surface area contributed by atoms with Crippen molar-refractivity contribution in [2.75, 3.05) is 40.3 Å². The van der Waals surface area contributed by atoms with Crippen LogP contribution in [0.5, 0.6) is 5.75 Å². The molecule has 0 unspecified atom stereocenters. The smallest absolute Gasteiger partial charge is 0.246 e. The maximum Gasteiger partial charge on any atom is 0.246 e. The Hall–Kier alpha value is -1.52. The number of methoxy groups -OCH3 is 1. The first-order valence-corrected chi connectivity index (χ1v) is 6.48. The average Bonchev–Trinajstić information content (AvgIpc) is 2.46. The predicted molar refractivity (Wildman–Crippen MR) is 83.4 cm³/mol. The fraction of sp³-hybridized carbons (Fsp3) is 0.400. The highest BCUT2D eigenvalue weighted by atomic mass is 35.5. The van der Waals surface area contributed by atoms with Gasteiger partial charge in [0.05, 0.1) is 7.11 Å². The van der Waals surface area contributed by atoms with Crippen LogP contribution in [0.1, 0.15) is 5.56 Å². The molecule has 1 aromatic rings. The zero-order valence-electron chi connectivity index (χ0n) is 11.9. The van der Waals surface area contributed by atoms with Crippen molar-refractivity contribution in [1.82, 2.24) is 9.80 Å². The Morgan fingerprint density at radius 2 is 1.75 bits per heavy atom. The van der Waals surface area contributed by atoms with Crippen molar-refractivity contribution in [2.24, 2.45) is 0 Å². The van der Waals surface area contributed by atoms with E-state index in [4.69, 9.17) is 4.74 Å². The van der Waals surface area contributed by atoms with Gasteiger partial charge in [-0.1, -0.05) is 12.1 Å².